The van der Waals surface area contributed by atoms with Gasteiger partial charge in [0.25, 0.3) is 21.8 Å². The zero-order valence-corrected chi connectivity index (χ0v) is 18.9. The number of hydrogen-bond donors (Lipinski definition) is 3. The van der Waals surface area contributed by atoms with Crippen LogP contribution in [0.5, 0.6) is 0 Å². The second kappa shape index (κ2) is 11.2. The van der Waals surface area contributed by atoms with Gasteiger partial charge in [0.05, 0.1) is 10.5 Å². The van der Waals surface area contributed by atoms with E-state index in [2.05, 4.69) is 10.3 Å². The molecular weight excluding hydrogens is 458 g/mol. The van der Waals surface area contributed by atoms with E-state index in [0.717, 1.165) is 37.6 Å². The summed E-state index contributed by atoms with van der Waals surface area (Å²) in [5.74, 6) is -2.67. The molecule has 0 bridgehead atoms. The van der Waals surface area contributed by atoms with Crippen molar-refractivity contribution in [3.63, 3.8) is 0 Å². The lowest BCUT2D eigenvalue weighted by Crippen LogP contribution is -2.31. The van der Waals surface area contributed by atoms with Crippen molar-refractivity contribution in [3.05, 3.63) is 95.3 Å². The van der Waals surface area contributed by atoms with E-state index in [9.17, 15) is 22.8 Å². The highest BCUT2D eigenvalue weighted by Crippen LogP contribution is 2.13. The summed E-state index contributed by atoms with van der Waals surface area (Å²) in [7, 11) is -4.27. The minimum Gasteiger partial charge on any atom is -0.477 e. The zero-order chi connectivity index (χ0) is 24.6. The van der Waals surface area contributed by atoms with E-state index in [-0.39, 0.29) is 21.7 Å². The Balaban J connectivity index is 1.56. The van der Waals surface area contributed by atoms with Crippen LogP contribution < -0.4 is 10.0 Å². The molecule has 34 heavy (non-hydrogen) atoms. The van der Waals surface area contributed by atoms with Gasteiger partial charge in [-0.05, 0) is 55.2 Å². The monoisotopic (exact) mass is 481 g/mol. The molecule has 1 heterocycles. The highest BCUT2D eigenvalue weighted by atomic mass is 32.2. The van der Waals surface area contributed by atoms with Gasteiger partial charge in [-0.25, -0.2) is 22.9 Å². The molecule has 0 spiro atoms. The summed E-state index contributed by atoms with van der Waals surface area (Å²) in [6, 6.07) is 17.6. The first kappa shape index (κ1) is 24.6. The normalized spacial score (nSPS) is 10.9. The first-order chi connectivity index (χ1) is 16.3. The maximum absolute atomic E-state index is 12.6. The van der Waals surface area contributed by atoms with Crippen molar-refractivity contribution in [3.8, 4) is 0 Å². The molecule has 0 saturated heterocycles. The maximum atomic E-state index is 12.6. The molecule has 0 aliphatic rings. The van der Waals surface area contributed by atoms with Crippen molar-refractivity contribution in [2.24, 2.45) is 0 Å². The summed E-state index contributed by atoms with van der Waals surface area (Å²) < 4.78 is 27.1. The largest absolute Gasteiger partial charge is 0.477 e. The Hall–Kier alpha value is -4.05. The van der Waals surface area contributed by atoms with Gasteiger partial charge in [0.15, 0.2) is 0 Å². The third-order valence-corrected chi connectivity index (χ3v) is 6.23. The molecule has 0 aliphatic carbocycles. The van der Waals surface area contributed by atoms with Crippen LogP contribution in [-0.2, 0) is 16.4 Å². The maximum Gasteiger partial charge on any atom is 0.354 e. The van der Waals surface area contributed by atoms with E-state index in [0.29, 0.717) is 6.54 Å². The first-order valence-corrected chi connectivity index (χ1v) is 11.9. The summed E-state index contributed by atoms with van der Waals surface area (Å²) in [6.07, 6.45) is 3.53. The predicted molar refractivity (Wildman–Crippen MR) is 124 cm³/mol. The fraction of sp³-hybridized carbons (Fsp3) is 0.167. The Morgan fingerprint density at radius 3 is 2.29 bits per heavy atom. The number of sulfonamides is 1. The van der Waals surface area contributed by atoms with Crippen LogP contribution in [0, 0.1) is 0 Å². The number of nitrogens with one attached hydrogen (secondary N) is 2. The molecule has 0 radical (unpaired) electrons. The van der Waals surface area contributed by atoms with Crippen molar-refractivity contribution in [1.82, 2.24) is 15.0 Å². The Morgan fingerprint density at radius 1 is 0.853 bits per heavy atom. The standard InChI is InChI=1S/C24H23N3O6S/c28-22(25-14-5-4-9-17-7-2-1-3-8-17)18-10-6-11-20(15-18)34(32,33)27-23(29)19-12-13-21(24(30)31)26-16-19/h1-3,6-8,10-13,15-16H,4-5,9,14H2,(H,25,28)(H,27,29)(H,30,31). The molecule has 0 fully saturated rings. The molecule has 0 unspecified atom stereocenters. The van der Waals surface area contributed by atoms with Crippen LogP contribution >= 0.6 is 0 Å². The average molecular weight is 482 g/mol. The Labute approximate surface area is 196 Å². The second-order valence-corrected chi connectivity index (χ2v) is 9.08. The predicted octanol–water partition coefficient (Wildman–Crippen LogP) is 2.65. The summed E-state index contributed by atoms with van der Waals surface area (Å²) in [5.41, 5.74) is 0.962. The first-order valence-electron chi connectivity index (χ1n) is 10.4. The van der Waals surface area contributed by atoms with Crippen LogP contribution in [0.1, 0.15) is 49.6 Å². The molecule has 0 atom stereocenters. The average Bonchev–Trinajstić information content (AvgIpc) is 2.84. The number of rotatable bonds is 10. The van der Waals surface area contributed by atoms with E-state index in [1.807, 2.05) is 35.1 Å². The molecular formula is C24H23N3O6S. The van der Waals surface area contributed by atoms with Crippen molar-refractivity contribution in [2.75, 3.05) is 6.54 Å². The number of carbonyl (C=O) groups excluding carboxylic acids is 2. The minimum atomic E-state index is -4.27. The highest BCUT2D eigenvalue weighted by molar-refractivity contribution is 7.90. The molecule has 2 aromatic carbocycles. The molecule has 3 N–H and O–H groups in total. The number of carbonyl (C=O) groups is 3. The number of benzene rings is 2. The number of amides is 2. The van der Waals surface area contributed by atoms with Gasteiger partial charge in [0.1, 0.15) is 5.69 Å². The van der Waals surface area contributed by atoms with Crippen LogP contribution in [0.2, 0.25) is 0 Å². The van der Waals surface area contributed by atoms with Crippen LogP contribution in [-0.4, -0.2) is 42.8 Å². The Morgan fingerprint density at radius 2 is 1.62 bits per heavy atom. The van der Waals surface area contributed by atoms with Gasteiger partial charge in [-0.1, -0.05) is 36.4 Å². The third kappa shape index (κ3) is 6.72. The molecule has 2 amide bonds. The number of hydrogen-bond acceptors (Lipinski definition) is 6. The second-order valence-electron chi connectivity index (χ2n) is 7.40. The molecule has 0 aliphatic heterocycles. The van der Waals surface area contributed by atoms with Crippen molar-refractivity contribution in [2.45, 2.75) is 24.2 Å². The van der Waals surface area contributed by atoms with Gasteiger partial charge in [-0.15, -0.1) is 0 Å². The number of aromatic nitrogens is 1. The molecule has 0 saturated carbocycles. The highest BCUT2D eigenvalue weighted by Gasteiger charge is 2.20. The number of pyridine rings is 1. The fourth-order valence-corrected chi connectivity index (χ4v) is 4.12. The molecule has 1 aromatic heterocycles. The van der Waals surface area contributed by atoms with Crippen LogP contribution in [0.3, 0.4) is 0 Å². The summed E-state index contributed by atoms with van der Waals surface area (Å²) in [4.78, 5) is 38.9. The topological polar surface area (TPSA) is 143 Å². The Bertz CT molecular complexity index is 1280. The van der Waals surface area contributed by atoms with Crippen molar-refractivity contribution < 1.29 is 27.9 Å². The van der Waals surface area contributed by atoms with E-state index in [1.165, 1.54) is 29.8 Å². The Kier molecular flexibility index (Phi) is 8.10. The molecule has 10 heteroatoms. The zero-order valence-electron chi connectivity index (χ0n) is 18.1. The fourth-order valence-electron chi connectivity index (χ4n) is 3.10. The van der Waals surface area contributed by atoms with Crippen LogP contribution in [0.4, 0.5) is 0 Å². The smallest absolute Gasteiger partial charge is 0.354 e. The van der Waals surface area contributed by atoms with Gasteiger partial charge in [0.2, 0.25) is 0 Å². The number of aromatic carboxylic acids is 1. The van der Waals surface area contributed by atoms with Gasteiger partial charge in [-0.3, -0.25) is 9.59 Å². The van der Waals surface area contributed by atoms with Crippen molar-refractivity contribution >= 4 is 27.8 Å². The van der Waals surface area contributed by atoms with Crippen molar-refractivity contribution in [1.29, 1.82) is 0 Å². The van der Waals surface area contributed by atoms with E-state index in [1.54, 1.807) is 0 Å². The summed E-state index contributed by atoms with van der Waals surface area (Å²) in [6.45, 7) is 0.443. The number of unbranched alkanes of at least 4 members (excludes halogenated alkanes) is 1. The van der Waals surface area contributed by atoms with Gasteiger partial charge >= 0.3 is 5.97 Å². The quantitative estimate of drug-likeness (QED) is 0.378. The SMILES string of the molecule is O=C(NCCCCc1ccccc1)c1cccc(S(=O)(=O)NC(=O)c2ccc(C(=O)O)nc2)c1. The van der Waals surface area contributed by atoms with Gasteiger partial charge in [0, 0.05) is 18.3 Å². The minimum absolute atomic E-state index is 0.127. The number of carboxylic acids is 1. The van der Waals surface area contributed by atoms with Crippen LogP contribution in [0.15, 0.2) is 77.8 Å². The molecule has 3 rings (SSSR count). The number of carboxylic acid groups (broad SMARTS) is 1. The van der Waals surface area contributed by atoms with Gasteiger partial charge in [-0.2, -0.15) is 0 Å². The summed E-state index contributed by atoms with van der Waals surface area (Å²) in [5, 5.41) is 11.6. The lowest BCUT2D eigenvalue weighted by molar-refractivity contribution is 0.0689. The summed E-state index contributed by atoms with van der Waals surface area (Å²) >= 11 is 0. The number of nitrogens with zero attached hydrogens (tertiary/aromatic N) is 1. The van der Waals surface area contributed by atoms with Crippen LogP contribution in [0.25, 0.3) is 0 Å². The van der Waals surface area contributed by atoms with Gasteiger partial charge < -0.3 is 10.4 Å². The lowest BCUT2D eigenvalue weighted by atomic mass is 10.1. The van der Waals surface area contributed by atoms with E-state index in [4.69, 9.17) is 5.11 Å². The molecule has 176 valence electrons. The van der Waals surface area contributed by atoms with E-state index >= 15 is 0 Å². The third-order valence-electron chi connectivity index (χ3n) is 4.90. The van der Waals surface area contributed by atoms with E-state index < -0.39 is 27.8 Å². The lowest BCUT2D eigenvalue weighted by Gasteiger charge is -2.09. The molecule has 3 aromatic rings. The number of aryl methyl sites for hydroxylation is 1. The molecule has 9 nitrogen and oxygen atoms in total.